The summed E-state index contributed by atoms with van der Waals surface area (Å²) in [4.78, 5) is 12.6. The lowest BCUT2D eigenvalue weighted by atomic mass is 9.85. The van der Waals surface area contributed by atoms with Crippen LogP contribution >= 0.6 is 11.8 Å². The monoisotopic (exact) mass is 306 g/mol. The fourth-order valence-electron chi connectivity index (χ4n) is 2.42. The van der Waals surface area contributed by atoms with E-state index in [2.05, 4.69) is 5.10 Å². The number of nitrogens with zero attached hydrogens (tertiary/aromatic N) is 3. The zero-order valence-corrected chi connectivity index (χ0v) is 13.7. The number of thioether (sulfide) groups is 1. The molecule has 2 rings (SSSR count). The number of hydrazone groups is 1. The van der Waals surface area contributed by atoms with Crippen molar-refractivity contribution in [2.45, 2.75) is 33.4 Å². The molecule has 0 aromatic heterocycles. The smallest absolute Gasteiger partial charge is 0.267 e. The van der Waals surface area contributed by atoms with E-state index in [1.807, 2.05) is 62.4 Å². The SMILES string of the molecule is CSC1=NN(Cc2ccccc2)C(C(C)(C)C)C(=O)N1N. The Balaban J connectivity index is 2.37. The molecule has 1 aromatic carbocycles. The van der Waals surface area contributed by atoms with Crippen molar-refractivity contribution in [3.63, 3.8) is 0 Å². The van der Waals surface area contributed by atoms with Crippen molar-refractivity contribution in [2.75, 3.05) is 6.26 Å². The third-order valence-corrected chi connectivity index (χ3v) is 4.02. The molecule has 0 aliphatic carbocycles. The van der Waals surface area contributed by atoms with Gasteiger partial charge < -0.3 is 0 Å². The van der Waals surface area contributed by atoms with E-state index in [4.69, 9.17) is 5.84 Å². The Morgan fingerprint density at radius 3 is 2.43 bits per heavy atom. The van der Waals surface area contributed by atoms with Crippen molar-refractivity contribution in [1.82, 2.24) is 10.0 Å². The van der Waals surface area contributed by atoms with Gasteiger partial charge in [0, 0.05) is 0 Å². The van der Waals surface area contributed by atoms with E-state index < -0.39 is 0 Å². The molecule has 5 nitrogen and oxygen atoms in total. The van der Waals surface area contributed by atoms with Crippen molar-refractivity contribution in [2.24, 2.45) is 16.4 Å². The van der Waals surface area contributed by atoms with Gasteiger partial charge in [-0.15, -0.1) is 5.10 Å². The van der Waals surface area contributed by atoms with Gasteiger partial charge in [-0.2, -0.15) is 0 Å². The Hall–Kier alpha value is -1.53. The highest BCUT2D eigenvalue weighted by Gasteiger charge is 2.42. The molecule has 1 unspecified atom stereocenters. The summed E-state index contributed by atoms with van der Waals surface area (Å²) in [6, 6.07) is 9.65. The molecule has 0 bridgehead atoms. The molecule has 114 valence electrons. The van der Waals surface area contributed by atoms with Crippen molar-refractivity contribution < 1.29 is 4.79 Å². The van der Waals surface area contributed by atoms with Crippen LogP contribution in [0.1, 0.15) is 26.3 Å². The lowest BCUT2D eigenvalue weighted by Crippen LogP contribution is -2.60. The number of nitrogens with two attached hydrogens (primary N) is 1. The number of amides is 1. The number of hydrogen-bond donors (Lipinski definition) is 1. The van der Waals surface area contributed by atoms with Gasteiger partial charge in [0.2, 0.25) is 5.17 Å². The summed E-state index contributed by atoms with van der Waals surface area (Å²) in [5, 5.41) is 8.12. The highest BCUT2D eigenvalue weighted by molar-refractivity contribution is 8.13. The Morgan fingerprint density at radius 1 is 1.29 bits per heavy atom. The molecule has 0 saturated carbocycles. The second-order valence-electron chi connectivity index (χ2n) is 6.15. The van der Waals surface area contributed by atoms with Crippen molar-refractivity contribution in [3.8, 4) is 0 Å². The summed E-state index contributed by atoms with van der Waals surface area (Å²) in [7, 11) is 0. The Bertz CT molecular complexity index is 538. The average Bonchev–Trinajstić information content (AvgIpc) is 2.42. The maximum atomic E-state index is 12.6. The number of amidine groups is 1. The van der Waals surface area contributed by atoms with Gasteiger partial charge in [0.1, 0.15) is 6.04 Å². The molecule has 1 aliphatic heterocycles. The molecule has 0 fully saturated rings. The fourth-order valence-corrected chi connectivity index (χ4v) is 2.90. The zero-order valence-electron chi connectivity index (χ0n) is 12.9. The zero-order chi connectivity index (χ0) is 15.6. The summed E-state index contributed by atoms with van der Waals surface area (Å²) in [5.41, 5.74) is 0.867. The summed E-state index contributed by atoms with van der Waals surface area (Å²) >= 11 is 1.37. The molecule has 1 amide bonds. The first-order chi connectivity index (χ1) is 9.84. The third-order valence-electron chi connectivity index (χ3n) is 3.38. The molecule has 1 aromatic rings. The van der Waals surface area contributed by atoms with Gasteiger partial charge in [0.25, 0.3) is 5.91 Å². The van der Waals surface area contributed by atoms with E-state index in [9.17, 15) is 4.79 Å². The van der Waals surface area contributed by atoms with Crippen LogP contribution in [0.25, 0.3) is 0 Å². The molecule has 2 N–H and O–H groups in total. The highest BCUT2D eigenvalue weighted by atomic mass is 32.2. The molecule has 0 saturated heterocycles. The van der Waals surface area contributed by atoms with E-state index in [1.54, 1.807) is 0 Å². The lowest BCUT2D eigenvalue weighted by Gasteiger charge is -2.42. The van der Waals surface area contributed by atoms with Gasteiger partial charge in [-0.05, 0) is 17.2 Å². The van der Waals surface area contributed by atoms with Crippen molar-refractivity contribution >= 4 is 22.8 Å². The molecule has 1 heterocycles. The number of carbonyl (C=O) groups excluding carboxylic acids is 1. The number of benzene rings is 1. The normalized spacial score (nSPS) is 19.8. The van der Waals surface area contributed by atoms with Crippen LogP contribution in [-0.4, -0.2) is 33.4 Å². The predicted molar refractivity (Wildman–Crippen MR) is 87.2 cm³/mol. The summed E-state index contributed by atoms with van der Waals surface area (Å²) < 4.78 is 0. The van der Waals surface area contributed by atoms with Crippen LogP contribution in [0, 0.1) is 5.41 Å². The van der Waals surface area contributed by atoms with E-state index in [0.717, 1.165) is 5.56 Å². The molecule has 21 heavy (non-hydrogen) atoms. The van der Waals surface area contributed by atoms with E-state index in [-0.39, 0.29) is 17.4 Å². The van der Waals surface area contributed by atoms with Crippen LogP contribution in [0.4, 0.5) is 0 Å². The minimum Gasteiger partial charge on any atom is -0.277 e. The standard InChI is InChI=1S/C15H22N4OS/c1-15(2,3)12-13(20)19(16)14(21-4)17-18(12)10-11-8-6-5-7-9-11/h5-9,12H,10,16H2,1-4H3. The Kier molecular flexibility index (Phi) is 4.58. The van der Waals surface area contributed by atoms with Gasteiger partial charge >= 0.3 is 0 Å². The van der Waals surface area contributed by atoms with Crippen molar-refractivity contribution in [3.05, 3.63) is 35.9 Å². The molecule has 0 spiro atoms. The van der Waals surface area contributed by atoms with Crippen LogP contribution in [0.2, 0.25) is 0 Å². The van der Waals surface area contributed by atoms with Crippen molar-refractivity contribution in [1.29, 1.82) is 0 Å². The van der Waals surface area contributed by atoms with Crippen LogP contribution in [0.15, 0.2) is 35.4 Å². The summed E-state index contributed by atoms with van der Waals surface area (Å²) in [5.74, 6) is 5.77. The third kappa shape index (κ3) is 3.39. The Morgan fingerprint density at radius 2 is 1.90 bits per heavy atom. The number of hydrogen-bond acceptors (Lipinski definition) is 5. The lowest BCUT2D eigenvalue weighted by molar-refractivity contribution is -0.139. The summed E-state index contributed by atoms with van der Waals surface area (Å²) in [6.45, 7) is 6.68. The topological polar surface area (TPSA) is 61.9 Å². The van der Waals surface area contributed by atoms with Gasteiger partial charge in [0.15, 0.2) is 0 Å². The summed E-state index contributed by atoms with van der Waals surface area (Å²) in [6.07, 6.45) is 1.87. The second-order valence-corrected chi connectivity index (χ2v) is 6.92. The Labute approximate surface area is 130 Å². The number of rotatable bonds is 2. The molecule has 6 heteroatoms. The van der Waals surface area contributed by atoms with E-state index >= 15 is 0 Å². The van der Waals surface area contributed by atoms with Crippen LogP contribution in [-0.2, 0) is 11.3 Å². The largest absolute Gasteiger partial charge is 0.277 e. The molecular weight excluding hydrogens is 284 g/mol. The first-order valence-corrected chi connectivity index (χ1v) is 8.09. The first kappa shape index (κ1) is 15.9. The quantitative estimate of drug-likeness (QED) is 0.672. The van der Waals surface area contributed by atoms with E-state index in [1.165, 1.54) is 16.8 Å². The molecule has 1 aliphatic rings. The maximum absolute atomic E-state index is 12.6. The van der Waals surface area contributed by atoms with Gasteiger partial charge in [-0.1, -0.05) is 62.9 Å². The molecular formula is C15H22N4OS. The van der Waals surface area contributed by atoms with E-state index in [0.29, 0.717) is 11.7 Å². The molecule has 0 radical (unpaired) electrons. The average molecular weight is 306 g/mol. The fraction of sp³-hybridized carbons (Fsp3) is 0.467. The highest BCUT2D eigenvalue weighted by Crippen LogP contribution is 2.31. The number of carbonyl (C=O) groups is 1. The van der Waals surface area contributed by atoms with Crippen LogP contribution < -0.4 is 5.84 Å². The van der Waals surface area contributed by atoms with Gasteiger partial charge in [-0.25, -0.2) is 10.9 Å². The minimum absolute atomic E-state index is 0.113. The predicted octanol–water partition coefficient (Wildman–Crippen LogP) is 2.25. The van der Waals surface area contributed by atoms with Gasteiger partial charge in [-0.3, -0.25) is 9.80 Å². The van der Waals surface area contributed by atoms with Gasteiger partial charge in [0.05, 0.1) is 6.54 Å². The molecule has 1 atom stereocenters. The maximum Gasteiger partial charge on any atom is 0.267 e. The van der Waals surface area contributed by atoms with Crippen LogP contribution in [0.5, 0.6) is 0 Å². The minimum atomic E-state index is -0.376. The first-order valence-electron chi connectivity index (χ1n) is 6.86. The second kappa shape index (κ2) is 6.07. The number of hydrazine groups is 1. The van der Waals surface area contributed by atoms with Crippen LogP contribution in [0.3, 0.4) is 0 Å².